The van der Waals surface area contributed by atoms with Gasteiger partial charge in [-0.2, -0.15) is 11.8 Å². The van der Waals surface area contributed by atoms with E-state index >= 15 is 0 Å². The van der Waals surface area contributed by atoms with E-state index in [9.17, 15) is 18.9 Å². The van der Waals surface area contributed by atoms with Crippen LogP contribution in [-0.2, 0) is 0 Å². The van der Waals surface area contributed by atoms with Crippen molar-refractivity contribution < 1.29 is 24.7 Å². The highest BCUT2D eigenvalue weighted by molar-refractivity contribution is 7.99. The lowest BCUT2D eigenvalue weighted by molar-refractivity contribution is -0.385. The van der Waals surface area contributed by atoms with E-state index in [2.05, 4.69) is 0 Å². The van der Waals surface area contributed by atoms with Gasteiger partial charge in [0.05, 0.1) is 22.5 Å². The molecular formula is C10H10F2N2O2S. The molecule has 0 N–H and O–H groups in total. The van der Waals surface area contributed by atoms with Gasteiger partial charge >= 0.3 is 0 Å². The fourth-order valence-corrected chi connectivity index (χ4v) is 1.50. The quantitative estimate of drug-likeness (QED) is 0.610. The maximum Gasteiger partial charge on any atom is 0.275 e. The number of anilines is 1. The Morgan fingerprint density at radius 1 is 1.35 bits per heavy atom. The van der Waals surface area contributed by atoms with Crippen molar-refractivity contribution in [2.75, 3.05) is 29.3 Å². The Morgan fingerprint density at radius 3 is 2.35 bits per heavy atom. The number of nitro benzene ring substituents is 1. The molecule has 0 unspecified atom stereocenters. The van der Waals surface area contributed by atoms with E-state index in [4.69, 9.17) is 11.0 Å². The lowest BCUT2D eigenvalue weighted by Crippen LogP contribution is -2.33. The number of nitrogens with zero attached hydrogens (tertiary/aromatic N) is 2. The predicted molar refractivity (Wildman–Crippen MR) is 62.6 cm³/mol. The molecule has 1 saturated heterocycles. The highest BCUT2D eigenvalue weighted by Gasteiger charge is 2.22. The summed E-state index contributed by atoms with van der Waals surface area (Å²) in [5.74, 6) is -3.45. The molecular weight excluding hydrogens is 250 g/mol. The Hall–Kier alpha value is -1.37. The van der Waals surface area contributed by atoms with Gasteiger partial charge in [-0.3, -0.25) is 10.1 Å². The van der Waals surface area contributed by atoms with Crippen LogP contribution in [0.5, 0.6) is 0 Å². The molecule has 4 nitrogen and oxygen atoms in total. The van der Waals surface area contributed by atoms with Crippen molar-refractivity contribution in [2.24, 2.45) is 0 Å². The van der Waals surface area contributed by atoms with E-state index in [0.717, 1.165) is 0 Å². The molecule has 0 bridgehead atoms. The third-order valence-electron chi connectivity index (χ3n) is 1.85. The predicted octanol–water partition coefficient (Wildman–Crippen LogP) is 2.43. The minimum Gasteiger partial charge on any atom is -0.365 e. The first kappa shape index (κ1) is 5.51. The van der Waals surface area contributed by atoms with Gasteiger partial charge < -0.3 is 4.90 Å². The summed E-state index contributed by atoms with van der Waals surface area (Å²) in [6.07, 6.45) is 0. The summed E-state index contributed by atoms with van der Waals surface area (Å²) in [5.41, 5.74) is -8.64. The first-order valence-corrected chi connectivity index (χ1v) is 5.02. The smallest absolute Gasteiger partial charge is 0.275 e. The molecule has 1 heterocycles. The molecule has 0 aromatic heterocycles. The number of rotatable bonds is 2. The van der Waals surface area contributed by atoms with Gasteiger partial charge in [0.15, 0.2) is 11.6 Å². The molecule has 0 radical (unpaired) electrons. The highest BCUT2D eigenvalue weighted by Crippen LogP contribution is 2.29. The molecule has 2 rings (SSSR count). The van der Waals surface area contributed by atoms with Gasteiger partial charge in [-0.25, -0.2) is 8.78 Å². The summed E-state index contributed by atoms with van der Waals surface area (Å²) in [6, 6.07) is 0.439. The second-order valence-corrected chi connectivity index (χ2v) is 3.49. The number of non-ortho nitro benzene ring substituents is 1. The maximum atomic E-state index is 14.3. The van der Waals surface area contributed by atoms with E-state index in [1.54, 1.807) is 0 Å². The zero-order chi connectivity index (χ0) is 19.6. The third-order valence-corrected chi connectivity index (χ3v) is 2.24. The van der Waals surface area contributed by atoms with Gasteiger partial charge in [0, 0.05) is 29.9 Å². The van der Waals surface area contributed by atoms with Crippen molar-refractivity contribution in [3.05, 3.63) is 33.9 Å². The lowest BCUT2D eigenvalue weighted by atomic mass is 10.2. The third kappa shape index (κ3) is 2.49. The average molecular weight is 268 g/mol. The normalized spacial score (nSPS) is 34.8. The largest absolute Gasteiger partial charge is 0.365 e. The Labute approximate surface area is 112 Å². The van der Waals surface area contributed by atoms with Crippen LogP contribution in [0.4, 0.5) is 20.2 Å². The highest BCUT2D eigenvalue weighted by atomic mass is 32.2. The molecule has 7 heteroatoms. The van der Waals surface area contributed by atoms with Gasteiger partial charge in [0.1, 0.15) is 5.69 Å². The number of benzene rings is 1. The molecule has 0 atom stereocenters. The molecule has 0 spiro atoms. The number of hydrogen-bond donors (Lipinski definition) is 0. The molecule has 92 valence electrons. The summed E-state index contributed by atoms with van der Waals surface area (Å²) >= 11 is -0.300. The van der Waals surface area contributed by atoms with Crippen LogP contribution in [-0.4, -0.2) is 29.3 Å². The van der Waals surface area contributed by atoms with Crippen LogP contribution >= 0.6 is 11.8 Å². The summed E-state index contributed by atoms with van der Waals surface area (Å²) < 4.78 is 90.4. The van der Waals surface area contributed by atoms with Crippen LogP contribution in [0, 0.1) is 21.7 Å². The first-order chi connectivity index (χ1) is 11.1. The second-order valence-electron chi connectivity index (χ2n) is 2.88. The molecule has 1 aromatic rings. The Morgan fingerprint density at radius 2 is 1.88 bits per heavy atom. The van der Waals surface area contributed by atoms with Crippen LogP contribution in [0.1, 0.15) is 11.0 Å². The van der Waals surface area contributed by atoms with E-state index in [1.807, 2.05) is 0 Å². The summed E-state index contributed by atoms with van der Waals surface area (Å²) in [7, 11) is 0. The molecule has 0 aliphatic carbocycles. The maximum absolute atomic E-state index is 14.3. The van der Waals surface area contributed by atoms with Gasteiger partial charge in [-0.15, -0.1) is 0 Å². The van der Waals surface area contributed by atoms with Gasteiger partial charge in [0.2, 0.25) is 0 Å². The molecule has 1 fully saturated rings. The van der Waals surface area contributed by atoms with E-state index in [0.29, 0.717) is 0 Å². The summed E-state index contributed by atoms with van der Waals surface area (Å²) in [4.78, 5) is 9.21. The van der Waals surface area contributed by atoms with Crippen molar-refractivity contribution in [3.63, 3.8) is 0 Å². The van der Waals surface area contributed by atoms with Crippen LogP contribution in [0.15, 0.2) is 12.1 Å². The second kappa shape index (κ2) is 4.87. The minimum absolute atomic E-state index is 0.220. The van der Waals surface area contributed by atoms with Gasteiger partial charge in [-0.05, 0) is 0 Å². The number of hydrogen-bond acceptors (Lipinski definition) is 4. The van der Waals surface area contributed by atoms with Gasteiger partial charge in [-0.1, -0.05) is 0 Å². The van der Waals surface area contributed by atoms with Crippen molar-refractivity contribution in [2.45, 2.75) is 0 Å². The number of halogens is 2. The monoisotopic (exact) mass is 268 g/mol. The Kier molecular flexibility index (Phi) is 1.58. The van der Waals surface area contributed by atoms with Crippen molar-refractivity contribution in [1.82, 2.24) is 0 Å². The van der Waals surface area contributed by atoms with Crippen molar-refractivity contribution >= 4 is 23.1 Å². The standard InChI is InChI=1S/C10H10F2N2O2S/c11-8-5-7(14(15)16)6-9(12)10(8)13-1-3-17-4-2-13/h5-6H,1-4H2/i1D2,2D2,3D2,4D2. The molecule has 1 aromatic carbocycles. The fraction of sp³-hybridized carbons (Fsp3) is 0.400. The van der Waals surface area contributed by atoms with E-state index in [1.165, 1.54) is 0 Å². The number of thioether (sulfide) groups is 1. The van der Waals surface area contributed by atoms with Crippen LogP contribution < -0.4 is 4.90 Å². The zero-order valence-corrected chi connectivity index (χ0v) is 8.85. The summed E-state index contributed by atoms with van der Waals surface area (Å²) in [6.45, 7) is -6.77. The molecule has 0 saturated carbocycles. The molecule has 1 aliphatic heterocycles. The van der Waals surface area contributed by atoms with Crippen LogP contribution in [0.2, 0.25) is 0 Å². The minimum atomic E-state index is -3.38. The van der Waals surface area contributed by atoms with Gasteiger partial charge in [0.25, 0.3) is 5.69 Å². The SMILES string of the molecule is [2H]C1([2H])SC([2H])([2H])C([2H])([2H])N(c2c(F)cc([N+](=O)[O-])cc2F)C1([2H])[2H]. The number of nitro groups is 1. The molecule has 1 aliphatic rings. The van der Waals surface area contributed by atoms with Crippen molar-refractivity contribution in [1.29, 1.82) is 0 Å². The Bertz CT molecular complexity index is 699. The van der Waals surface area contributed by atoms with E-state index in [-0.39, 0.29) is 28.8 Å². The first-order valence-electron chi connectivity index (χ1n) is 8.20. The average Bonchev–Trinajstić information content (AvgIpc) is 2.38. The van der Waals surface area contributed by atoms with Crippen molar-refractivity contribution in [3.8, 4) is 0 Å². The molecule has 17 heavy (non-hydrogen) atoms. The molecule has 0 amide bonds. The van der Waals surface area contributed by atoms with Crippen LogP contribution in [0.3, 0.4) is 0 Å². The summed E-state index contributed by atoms with van der Waals surface area (Å²) in [5, 5.41) is 10.6. The zero-order valence-electron chi connectivity index (χ0n) is 16.0. The Balaban J connectivity index is 2.80. The topological polar surface area (TPSA) is 46.4 Å². The lowest BCUT2D eigenvalue weighted by Gasteiger charge is -2.28. The fourth-order valence-electron chi connectivity index (χ4n) is 1.17. The van der Waals surface area contributed by atoms with Crippen LogP contribution in [0.25, 0.3) is 0 Å². The van der Waals surface area contributed by atoms with E-state index < -0.39 is 52.3 Å².